The van der Waals surface area contributed by atoms with Gasteiger partial charge in [-0.15, -0.1) is 0 Å². The van der Waals surface area contributed by atoms with Crippen LogP contribution in [0.1, 0.15) is 18.4 Å². The lowest BCUT2D eigenvalue weighted by atomic mass is 9.81. The lowest BCUT2D eigenvalue weighted by Crippen LogP contribution is -2.37. The van der Waals surface area contributed by atoms with Gasteiger partial charge in [0.25, 0.3) is 5.91 Å². The summed E-state index contributed by atoms with van der Waals surface area (Å²) in [6.45, 7) is -1.48. The Morgan fingerprint density at radius 3 is 2.22 bits per heavy atom. The predicted molar refractivity (Wildman–Crippen MR) is 114 cm³/mol. The van der Waals surface area contributed by atoms with Gasteiger partial charge in [0.1, 0.15) is 6.54 Å². The number of benzene rings is 1. The molecule has 0 aromatic heterocycles. The number of hydrogen-bond acceptors (Lipinski definition) is 5. The number of ether oxygens (including phenoxy) is 1. The molecular formula is C19H16Br2ClF3N2O5. The van der Waals surface area contributed by atoms with E-state index in [0.717, 1.165) is 17.0 Å². The van der Waals surface area contributed by atoms with Crippen molar-refractivity contribution >= 4 is 72.8 Å². The molecule has 1 aliphatic carbocycles. The fraction of sp³-hybridized carbons (Fsp3) is 0.474. The molecule has 1 saturated heterocycles. The number of esters is 1. The number of anilines is 1. The lowest BCUT2D eigenvalue weighted by Gasteiger charge is -2.29. The first-order valence-electron chi connectivity index (χ1n) is 9.34. The first-order valence-corrected chi connectivity index (χ1v) is 11.5. The predicted octanol–water partition coefficient (Wildman–Crippen LogP) is 3.76. The summed E-state index contributed by atoms with van der Waals surface area (Å²) in [5, 5.41) is 2.00. The van der Waals surface area contributed by atoms with Crippen molar-refractivity contribution in [2.45, 2.75) is 28.7 Å². The van der Waals surface area contributed by atoms with Crippen LogP contribution >= 0.6 is 43.5 Å². The number of nitrogens with zero attached hydrogens (tertiary/aromatic N) is 1. The van der Waals surface area contributed by atoms with E-state index in [9.17, 15) is 32.3 Å². The molecule has 2 fully saturated rings. The van der Waals surface area contributed by atoms with Crippen LogP contribution in [0.5, 0.6) is 0 Å². The highest BCUT2D eigenvalue weighted by atomic mass is 79.9. The molecule has 0 spiro atoms. The molecule has 0 radical (unpaired) electrons. The van der Waals surface area contributed by atoms with Gasteiger partial charge in [0.15, 0.2) is 6.61 Å². The number of amides is 3. The summed E-state index contributed by atoms with van der Waals surface area (Å²) in [6, 6.07) is 2.39. The van der Waals surface area contributed by atoms with E-state index in [4.69, 9.17) is 16.3 Å². The van der Waals surface area contributed by atoms with E-state index in [1.165, 1.54) is 0 Å². The van der Waals surface area contributed by atoms with Gasteiger partial charge in [-0.25, -0.2) is 0 Å². The first kappa shape index (κ1) is 25.0. The van der Waals surface area contributed by atoms with Crippen LogP contribution in [0.2, 0.25) is 5.02 Å². The Hall–Kier alpha value is -1.66. The Bertz CT molecular complexity index is 933. The van der Waals surface area contributed by atoms with Crippen molar-refractivity contribution < 1.29 is 37.1 Å². The number of alkyl halides is 5. The van der Waals surface area contributed by atoms with E-state index in [1.54, 1.807) is 0 Å². The summed E-state index contributed by atoms with van der Waals surface area (Å²) in [6.07, 6.45) is -3.75. The Balaban J connectivity index is 1.55. The monoisotopic (exact) mass is 602 g/mol. The highest BCUT2D eigenvalue weighted by Crippen LogP contribution is 2.43. The van der Waals surface area contributed by atoms with E-state index in [1.807, 2.05) is 0 Å². The molecule has 2 aliphatic rings. The van der Waals surface area contributed by atoms with Gasteiger partial charge in [-0.3, -0.25) is 24.1 Å². The third kappa shape index (κ3) is 5.45. The molecule has 1 aromatic rings. The lowest BCUT2D eigenvalue weighted by molar-refractivity contribution is -0.154. The van der Waals surface area contributed by atoms with E-state index >= 15 is 0 Å². The zero-order chi connectivity index (χ0) is 23.8. The van der Waals surface area contributed by atoms with Crippen LogP contribution in [0.3, 0.4) is 0 Å². The fourth-order valence-electron chi connectivity index (χ4n) is 3.62. The molecule has 13 heteroatoms. The second kappa shape index (κ2) is 9.68. The molecule has 4 atom stereocenters. The average Bonchev–Trinajstić information content (AvgIpc) is 2.92. The molecule has 1 heterocycles. The summed E-state index contributed by atoms with van der Waals surface area (Å²) >= 11 is 12.7. The maximum Gasteiger partial charge on any atom is 0.416 e. The number of likely N-dealkylation sites (tertiary alicyclic amines) is 1. The summed E-state index contributed by atoms with van der Waals surface area (Å²) in [5.41, 5.74) is -1.32. The maximum absolute atomic E-state index is 12.8. The SMILES string of the molecule is O=C(COC(=O)CN1C(=O)[C@@H]2C[C@@H](Br)[C@@H](Br)C[C@H]2C1=O)Nc1cc(C(F)(F)F)ccc1Cl. The number of carbonyl (C=O) groups is 4. The van der Waals surface area contributed by atoms with Crippen molar-refractivity contribution in [1.82, 2.24) is 4.90 Å². The van der Waals surface area contributed by atoms with Crippen LogP contribution in [0.15, 0.2) is 18.2 Å². The third-order valence-electron chi connectivity index (χ3n) is 5.22. The van der Waals surface area contributed by atoms with Gasteiger partial charge in [0.05, 0.1) is 28.1 Å². The van der Waals surface area contributed by atoms with Gasteiger partial charge in [0, 0.05) is 9.65 Å². The summed E-state index contributed by atoms with van der Waals surface area (Å²) in [4.78, 5) is 50.0. The van der Waals surface area contributed by atoms with E-state index in [2.05, 4.69) is 37.2 Å². The summed E-state index contributed by atoms with van der Waals surface area (Å²) in [7, 11) is 0. The minimum atomic E-state index is -4.63. The largest absolute Gasteiger partial charge is 0.454 e. The van der Waals surface area contributed by atoms with E-state index < -0.39 is 60.4 Å². The van der Waals surface area contributed by atoms with Crippen molar-refractivity contribution in [2.75, 3.05) is 18.5 Å². The molecule has 1 saturated carbocycles. The molecule has 1 aromatic carbocycles. The minimum absolute atomic E-state index is 0.0127. The Labute approximate surface area is 202 Å². The number of carbonyl (C=O) groups excluding carboxylic acids is 4. The zero-order valence-electron chi connectivity index (χ0n) is 16.1. The van der Waals surface area contributed by atoms with Gasteiger partial charge in [-0.2, -0.15) is 13.2 Å². The van der Waals surface area contributed by atoms with Crippen LogP contribution in [0, 0.1) is 11.8 Å². The highest BCUT2D eigenvalue weighted by molar-refractivity contribution is 9.12. The van der Waals surface area contributed by atoms with Crippen molar-refractivity contribution in [2.24, 2.45) is 11.8 Å². The van der Waals surface area contributed by atoms with Crippen LogP contribution in [-0.2, 0) is 30.1 Å². The molecule has 174 valence electrons. The molecule has 3 amide bonds. The van der Waals surface area contributed by atoms with Crippen LogP contribution in [0.25, 0.3) is 0 Å². The summed E-state index contributed by atoms with van der Waals surface area (Å²) in [5.74, 6) is -3.93. The van der Waals surface area contributed by atoms with Crippen molar-refractivity contribution in [3.8, 4) is 0 Å². The minimum Gasteiger partial charge on any atom is -0.454 e. The zero-order valence-corrected chi connectivity index (χ0v) is 20.1. The van der Waals surface area contributed by atoms with Crippen molar-refractivity contribution in [3.05, 3.63) is 28.8 Å². The van der Waals surface area contributed by atoms with Gasteiger partial charge in [-0.05, 0) is 31.0 Å². The standard InChI is InChI=1S/C19H16Br2ClF3N2O5/c20-11-4-9-10(5-12(11)21)18(31)27(17(9)30)6-16(29)32-7-15(28)26-14-3-8(19(23,24)25)1-2-13(14)22/h1-3,9-12H,4-7H2,(H,26,28)/t9-,10-,11-,12+/m1/s1. The number of fused-ring (bicyclic) bond motifs is 1. The molecule has 3 rings (SSSR count). The molecule has 1 N–H and O–H groups in total. The van der Waals surface area contributed by atoms with Gasteiger partial charge >= 0.3 is 12.1 Å². The topological polar surface area (TPSA) is 92.8 Å². The second-order valence-corrected chi connectivity index (χ2v) is 10.1. The van der Waals surface area contributed by atoms with Crippen LogP contribution in [-0.4, -0.2) is 51.4 Å². The third-order valence-corrected chi connectivity index (χ3v) is 8.29. The van der Waals surface area contributed by atoms with Gasteiger partial charge < -0.3 is 10.1 Å². The number of imide groups is 1. The van der Waals surface area contributed by atoms with Crippen LogP contribution < -0.4 is 5.32 Å². The molecule has 1 aliphatic heterocycles. The Kier molecular flexibility index (Phi) is 7.55. The molecule has 0 bridgehead atoms. The molecule has 0 unspecified atom stereocenters. The Morgan fingerprint density at radius 2 is 1.69 bits per heavy atom. The van der Waals surface area contributed by atoms with E-state index in [-0.39, 0.29) is 20.4 Å². The number of nitrogens with one attached hydrogen (secondary N) is 1. The van der Waals surface area contributed by atoms with Gasteiger partial charge in [0.2, 0.25) is 11.8 Å². The molecule has 7 nitrogen and oxygen atoms in total. The normalized spacial score (nSPS) is 25.5. The number of hydrogen-bond donors (Lipinski definition) is 1. The highest BCUT2D eigenvalue weighted by Gasteiger charge is 2.52. The number of halogens is 6. The molecular weight excluding hydrogens is 588 g/mol. The second-order valence-electron chi connectivity index (χ2n) is 7.38. The average molecular weight is 605 g/mol. The van der Waals surface area contributed by atoms with Crippen LogP contribution in [0.4, 0.5) is 18.9 Å². The smallest absolute Gasteiger partial charge is 0.416 e. The van der Waals surface area contributed by atoms with Crippen molar-refractivity contribution in [3.63, 3.8) is 0 Å². The fourth-order valence-corrected chi connectivity index (χ4v) is 5.03. The Morgan fingerprint density at radius 1 is 1.12 bits per heavy atom. The van der Waals surface area contributed by atoms with Crippen molar-refractivity contribution in [1.29, 1.82) is 0 Å². The number of rotatable bonds is 5. The molecule has 32 heavy (non-hydrogen) atoms. The summed E-state index contributed by atoms with van der Waals surface area (Å²) < 4.78 is 43.2. The first-order chi connectivity index (χ1) is 14.9. The quantitative estimate of drug-likeness (QED) is 0.314. The maximum atomic E-state index is 12.8. The van der Waals surface area contributed by atoms with E-state index in [0.29, 0.717) is 18.9 Å². The van der Waals surface area contributed by atoms with Gasteiger partial charge in [-0.1, -0.05) is 43.5 Å².